The molecule has 0 fully saturated rings. The second-order valence-corrected chi connectivity index (χ2v) is 7.49. The van der Waals surface area contributed by atoms with Crippen molar-refractivity contribution in [2.24, 2.45) is 11.3 Å². The van der Waals surface area contributed by atoms with Gasteiger partial charge in [-0.05, 0) is 43.9 Å². The monoisotopic (exact) mass is 387 g/mol. The summed E-state index contributed by atoms with van der Waals surface area (Å²) in [5.41, 5.74) is -0.231. The second kappa shape index (κ2) is 12.1. The van der Waals surface area contributed by atoms with Gasteiger partial charge in [-0.25, -0.2) is 9.78 Å². The van der Waals surface area contributed by atoms with E-state index >= 15 is 0 Å². The quantitative estimate of drug-likeness (QED) is 0.357. The molecule has 5 heteroatoms. The smallest absolute Gasteiger partial charge is 0.357 e. The summed E-state index contributed by atoms with van der Waals surface area (Å²) in [7, 11) is 0. The molecule has 0 spiro atoms. The largest absolute Gasteiger partial charge is 0.476 e. The van der Waals surface area contributed by atoms with E-state index < -0.39 is 12.1 Å². The van der Waals surface area contributed by atoms with Crippen LogP contribution in [-0.4, -0.2) is 27.3 Å². The van der Waals surface area contributed by atoms with Crippen LogP contribution in [0.15, 0.2) is 53.2 Å². The van der Waals surface area contributed by atoms with Crippen molar-refractivity contribution in [2.45, 2.75) is 59.5 Å². The summed E-state index contributed by atoms with van der Waals surface area (Å²) in [5.74, 6) is -0.360. The van der Waals surface area contributed by atoms with Crippen molar-refractivity contribution in [1.29, 1.82) is 0 Å². The molecule has 154 valence electrons. The van der Waals surface area contributed by atoms with Crippen LogP contribution in [0.2, 0.25) is 0 Å². The first-order valence-electron chi connectivity index (χ1n) is 9.79. The topological polar surface area (TPSA) is 83.6 Å². The van der Waals surface area contributed by atoms with Crippen LogP contribution in [0.5, 0.6) is 0 Å². The van der Waals surface area contributed by atoms with Gasteiger partial charge in [0.25, 0.3) is 0 Å². The molecule has 2 atom stereocenters. The molecule has 0 saturated heterocycles. The minimum absolute atomic E-state index is 0.0961. The number of aromatic carboxylic acids is 1. The van der Waals surface area contributed by atoms with E-state index in [1.807, 2.05) is 25.2 Å². The molecule has 1 aromatic rings. The molecule has 2 N–H and O–H groups in total. The standard InChI is InChI=1S/C23H33NO4/c1-5-12-20(25)23(3,4)16-11-10-14-18(6-2)13-8-7-9-15-21-24-19(17-28-21)22(26)27/h5,7-10,12,14-15,17-18,20,25H,6,11,13,16H2,1-4H3,(H,26,27)/b8-7+,12-5+,14-10-,15-9-/t18-,20+/m1/s1. The van der Waals surface area contributed by atoms with Gasteiger partial charge in [-0.15, -0.1) is 0 Å². The van der Waals surface area contributed by atoms with Crippen molar-refractivity contribution in [2.75, 3.05) is 0 Å². The van der Waals surface area contributed by atoms with Gasteiger partial charge < -0.3 is 14.6 Å². The zero-order valence-electron chi connectivity index (χ0n) is 17.3. The number of carbonyl (C=O) groups is 1. The molecule has 0 bridgehead atoms. The summed E-state index contributed by atoms with van der Waals surface area (Å²) in [5, 5.41) is 18.9. The first-order chi connectivity index (χ1) is 13.3. The molecule has 1 aromatic heterocycles. The van der Waals surface area contributed by atoms with Crippen molar-refractivity contribution in [1.82, 2.24) is 4.98 Å². The van der Waals surface area contributed by atoms with Gasteiger partial charge in [0.1, 0.15) is 6.26 Å². The molecular formula is C23H33NO4. The Morgan fingerprint density at radius 1 is 1.29 bits per heavy atom. The third kappa shape index (κ3) is 8.53. The number of nitrogens with zero attached hydrogens (tertiary/aromatic N) is 1. The summed E-state index contributed by atoms with van der Waals surface area (Å²) < 4.78 is 5.05. The Labute approximate surface area is 168 Å². The first-order valence-corrected chi connectivity index (χ1v) is 9.79. The van der Waals surface area contributed by atoms with Gasteiger partial charge in [-0.2, -0.15) is 0 Å². The number of hydrogen-bond donors (Lipinski definition) is 2. The number of carboxylic acid groups (broad SMARTS) is 1. The maximum Gasteiger partial charge on any atom is 0.357 e. The minimum atomic E-state index is -1.10. The van der Waals surface area contributed by atoms with E-state index in [9.17, 15) is 9.90 Å². The van der Waals surface area contributed by atoms with Crippen LogP contribution < -0.4 is 0 Å². The van der Waals surface area contributed by atoms with Crippen LogP contribution in [0.4, 0.5) is 0 Å². The third-order valence-corrected chi connectivity index (χ3v) is 4.73. The summed E-state index contributed by atoms with van der Waals surface area (Å²) in [6.45, 7) is 8.27. The van der Waals surface area contributed by atoms with Gasteiger partial charge in [0.2, 0.25) is 5.89 Å². The SMILES string of the molecule is C/C=C/[C@H](O)C(C)(C)CC/C=C\[C@H](CC)C/C=C/C=C\c1nc(C(=O)O)co1. The molecule has 1 rings (SSSR count). The lowest BCUT2D eigenvalue weighted by atomic mass is 9.81. The van der Waals surface area contributed by atoms with E-state index in [1.165, 1.54) is 0 Å². The summed E-state index contributed by atoms with van der Waals surface area (Å²) in [6, 6.07) is 0. The van der Waals surface area contributed by atoms with Crippen molar-refractivity contribution in [3.8, 4) is 0 Å². The molecule has 0 aliphatic heterocycles. The average molecular weight is 388 g/mol. The molecule has 0 aliphatic rings. The predicted octanol–water partition coefficient (Wildman–Crippen LogP) is 5.66. The Balaban J connectivity index is 2.42. The van der Waals surface area contributed by atoms with Crippen molar-refractivity contribution < 1.29 is 19.4 Å². The Hall–Kier alpha value is -2.40. The van der Waals surface area contributed by atoms with Crippen LogP contribution in [0.25, 0.3) is 6.08 Å². The molecule has 28 heavy (non-hydrogen) atoms. The predicted molar refractivity (Wildman–Crippen MR) is 113 cm³/mol. The van der Waals surface area contributed by atoms with Crippen molar-refractivity contribution in [3.63, 3.8) is 0 Å². The fourth-order valence-corrected chi connectivity index (χ4v) is 2.65. The molecule has 1 heterocycles. The van der Waals surface area contributed by atoms with E-state index in [2.05, 4.69) is 44.0 Å². The molecule has 0 saturated carbocycles. The van der Waals surface area contributed by atoms with Crippen LogP contribution in [0.3, 0.4) is 0 Å². The normalized spacial score (nSPS) is 15.3. The second-order valence-electron chi connectivity index (χ2n) is 7.49. The van der Waals surface area contributed by atoms with E-state index in [-0.39, 0.29) is 17.0 Å². The Morgan fingerprint density at radius 2 is 2.04 bits per heavy atom. The van der Waals surface area contributed by atoms with E-state index in [1.54, 1.807) is 12.2 Å². The number of aromatic nitrogens is 1. The van der Waals surface area contributed by atoms with E-state index in [4.69, 9.17) is 9.52 Å². The molecular weight excluding hydrogens is 354 g/mol. The summed E-state index contributed by atoms with van der Waals surface area (Å²) in [6.07, 6.45) is 20.2. The Bertz CT molecular complexity index is 710. The minimum Gasteiger partial charge on any atom is -0.476 e. The highest BCUT2D eigenvalue weighted by atomic mass is 16.4. The van der Waals surface area contributed by atoms with E-state index in [0.29, 0.717) is 5.92 Å². The first kappa shape index (κ1) is 23.6. The number of allylic oxidation sites excluding steroid dienone is 6. The van der Waals surface area contributed by atoms with Gasteiger partial charge in [-0.3, -0.25) is 0 Å². The van der Waals surface area contributed by atoms with Gasteiger partial charge >= 0.3 is 5.97 Å². The average Bonchev–Trinajstić information content (AvgIpc) is 3.12. The van der Waals surface area contributed by atoms with Crippen molar-refractivity contribution in [3.05, 3.63) is 60.4 Å². The van der Waals surface area contributed by atoms with Crippen LogP contribution >= 0.6 is 0 Å². The fourth-order valence-electron chi connectivity index (χ4n) is 2.65. The highest BCUT2D eigenvalue weighted by Gasteiger charge is 2.24. The number of carboxylic acids is 1. The van der Waals surface area contributed by atoms with Gasteiger partial charge in [0.05, 0.1) is 6.10 Å². The summed E-state index contributed by atoms with van der Waals surface area (Å²) >= 11 is 0. The fraction of sp³-hybridized carbons (Fsp3) is 0.478. The van der Waals surface area contributed by atoms with Crippen molar-refractivity contribution >= 4 is 12.0 Å². The molecule has 0 aliphatic carbocycles. The number of oxazole rings is 1. The highest BCUT2D eigenvalue weighted by molar-refractivity contribution is 5.85. The number of rotatable bonds is 12. The number of hydrogen-bond acceptors (Lipinski definition) is 4. The highest BCUT2D eigenvalue weighted by Crippen LogP contribution is 2.28. The maximum atomic E-state index is 10.7. The molecule has 5 nitrogen and oxygen atoms in total. The van der Waals surface area contributed by atoms with Gasteiger partial charge in [0, 0.05) is 6.08 Å². The molecule has 0 amide bonds. The lowest BCUT2D eigenvalue weighted by Gasteiger charge is -2.28. The van der Waals surface area contributed by atoms with Crippen LogP contribution in [0.1, 0.15) is 69.8 Å². The number of aliphatic hydroxyl groups excluding tert-OH is 1. The molecule has 0 aromatic carbocycles. The van der Waals surface area contributed by atoms with E-state index in [0.717, 1.165) is 31.9 Å². The van der Waals surface area contributed by atoms with Crippen LogP contribution in [-0.2, 0) is 0 Å². The zero-order valence-corrected chi connectivity index (χ0v) is 17.3. The lowest BCUT2D eigenvalue weighted by Crippen LogP contribution is -2.27. The third-order valence-electron chi connectivity index (χ3n) is 4.73. The molecule has 0 unspecified atom stereocenters. The zero-order chi connectivity index (χ0) is 21.0. The van der Waals surface area contributed by atoms with Gasteiger partial charge in [0.15, 0.2) is 5.69 Å². The Kier molecular flexibility index (Phi) is 10.2. The lowest BCUT2D eigenvalue weighted by molar-refractivity contribution is 0.0690. The molecule has 0 radical (unpaired) electrons. The van der Waals surface area contributed by atoms with Gasteiger partial charge in [-0.1, -0.05) is 63.3 Å². The summed E-state index contributed by atoms with van der Waals surface area (Å²) in [4.78, 5) is 14.6. The van der Waals surface area contributed by atoms with Crippen LogP contribution in [0, 0.1) is 11.3 Å². The maximum absolute atomic E-state index is 10.7. The Morgan fingerprint density at radius 3 is 2.64 bits per heavy atom. The number of aliphatic hydroxyl groups is 1.